The highest BCUT2D eigenvalue weighted by Gasteiger charge is 2.27. The summed E-state index contributed by atoms with van der Waals surface area (Å²) < 4.78 is 0. The molecule has 0 radical (unpaired) electrons. The Morgan fingerprint density at radius 3 is 0.815 bits per heavy atom. The zero-order valence-corrected chi connectivity index (χ0v) is 35.4. The maximum atomic E-state index is 13.5. The molecule has 0 spiro atoms. The van der Waals surface area contributed by atoms with Crippen LogP contribution in [0, 0.1) is 0 Å². The van der Waals surface area contributed by atoms with Gasteiger partial charge < -0.3 is 11.5 Å². The zero-order chi connectivity index (χ0) is 39.8. The van der Waals surface area contributed by atoms with E-state index >= 15 is 0 Å². The monoisotopic (exact) mass is 755 g/mol. The average Bonchev–Trinajstić information content (AvgIpc) is 3.17. The normalized spacial score (nSPS) is 12.4. The molecule has 0 aliphatic rings. The Kier molecular flexibility index (Phi) is 29.9. The molecule has 1 aromatic rings. The Hall–Kier alpha value is -2.58. The Balaban J connectivity index is 2.53. The second-order valence-electron chi connectivity index (χ2n) is 15.9. The minimum atomic E-state index is -0.797. The summed E-state index contributed by atoms with van der Waals surface area (Å²) in [6.07, 6.45) is 34.4. The first kappa shape index (κ1) is 49.4. The summed E-state index contributed by atoms with van der Waals surface area (Å²) in [7, 11) is 0. The fourth-order valence-electron chi connectivity index (χ4n) is 7.11. The van der Waals surface area contributed by atoms with Gasteiger partial charge in [0.15, 0.2) is 0 Å². The number of unbranched alkanes of at least 4 members (excludes halogenated alkanes) is 26. The van der Waals surface area contributed by atoms with Crippen LogP contribution in [0.15, 0.2) is 24.3 Å². The lowest BCUT2D eigenvalue weighted by molar-refractivity contribution is -0.130. The largest absolute Gasteiger partial charge is 0.320 e. The number of amides is 4. The standard InChI is InChI=1S/C46H82N4O4/c1-5-7-9-11-13-15-17-19-21-23-25-27-29-31-37-49(43(51)39(3)47)45(53)41-33-35-42(36-34-41)46(54)50(44(52)40(4)48)38-32-30-28-26-24-22-20-18-16-14-12-10-8-6-2/h33-36,39-40H,5-32,37-38,47-48H2,1-4H3/t39-,40-/m0/s1. The van der Waals surface area contributed by atoms with Crippen LogP contribution in [0.1, 0.15) is 228 Å². The summed E-state index contributed by atoms with van der Waals surface area (Å²) in [4.78, 5) is 55.5. The Morgan fingerprint density at radius 2 is 0.611 bits per heavy atom. The zero-order valence-electron chi connectivity index (χ0n) is 35.4. The van der Waals surface area contributed by atoms with Crippen LogP contribution in [0.2, 0.25) is 0 Å². The van der Waals surface area contributed by atoms with Crippen LogP contribution in [-0.4, -0.2) is 58.6 Å². The molecule has 8 heteroatoms. The molecule has 0 aliphatic carbocycles. The van der Waals surface area contributed by atoms with Crippen LogP contribution in [0.4, 0.5) is 0 Å². The number of hydrogen-bond donors (Lipinski definition) is 2. The van der Waals surface area contributed by atoms with Crippen LogP contribution in [-0.2, 0) is 9.59 Å². The van der Waals surface area contributed by atoms with Crippen molar-refractivity contribution < 1.29 is 19.2 Å². The van der Waals surface area contributed by atoms with Crippen LogP contribution >= 0.6 is 0 Å². The SMILES string of the molecule is CCCCCCCCCCCCCCCCN(C(=O)c1ccc(C(=O)N(CCCCCCCCCCCCCCCC)C(=O)[C@H](C)N)cc1)C(=O)[C@H](C)N. The molecule has 1 rings (SSSR count). The molecule has 2 atom stereocenters. The lowest BCUT2D eigenvalue weighted by Gasteiger charge is -2.24. The fraction of sp³-hybridized carbons (Fsp3) is 0.783. The van der Waals surface area contributed by atoms with Crippen molar-refractivity contribution in [1.82, 2.24) is 9.80 Å². The first-order valence-corrected chi connectivity index (χ1v) is 22.5. The predicted molar refractivity (Wildman–Crippen MR) is 226 cm³/mol. The lowest BCUT2D eigenvalue weighted by Crippen LogP contribution is -2.46. The Labute approximate surface area is 331 Å². The fourth-order valence-corrected chi connectivity index (χ4v) is 7.11. The number of carbonyl (C=O) groups excluding carboxylic acids is 4. The van der Waals surface area contributed by atoms with Gasteiger partial charge in [-0.05, 0) is 51.0 Å². The lowest BCUT2D eigenvalue weighted by atomic mass is 10.0. The molecule has 4 N–H and O–H groups in total. The highest BCUT2D eigenvalue weighted by Crippen LogP contribution is 2.17. The van der Waals surface area contributed by atoms with Crippen LogP contribution in [0.3, 0.4) is 0 Å². The third kappa shape index (κ3) is 22.7. The van der Waals surface area contributed by atoms with Gasteiger partial charge in [-0.1, -0.05) is 181 Å². The van der Waals surface area contributed by atoms with Crippen LogP contribution in [0.5, 0.6) is 0 Å². The van der Waals surface area contributed by atoms with Crippen molar-refractivity contribution in [2.24, 2.45) is 11.5 Å². The molecular formula is C46H82N4O4. The molecule has 0 saturated heterocycles. The summed E-state index contributed by atoms with van der Waals surface area (Å²) in [5.74, 6) is -1.65. The molecule has 0 heterocycles. The number of rotatable bonds is 34. The summed E-state index contributed by atoms with van der Waals surface area (Å²) in [6.45, 7) is 8.33. The summed E-state index contributed by atoms with van der Waals surface area (Å²) >= 11 is 0. The van der Waals surface area contributed by atoms with Gasteiger partial charge in [0.25, 0.3) is 11.8 Å². The maximum Gasteiger partial charge on any atom is 0.260 e. The number of benzene rings is 1. The summed E-state index contributed by atoms with van der Waals surface area (Å²) in [6, 6.07) is 4.64. The third-order valence-electron chi connectivity index (χ3n) is 10.7. The molecule has 1 aromatic carbocycles. The van der Waals surface area contributed by atoms with E-state index in [1.807, 2.05) is 0 Å². The Morgan fingerprint density at radius 1 is 0.407 bits per heavy atom. The molecule has 0 aromatic heterocycles. The van der Waals surface area contributed by atoms with E-state index in [4.69, 9.17) is 11.5 Å². The second-order valence-corrected chi connectivity index (χ2v) is 15.9. The van der Waals surface area contributed by atoms with Gasteiger partial charge in [-0.25, -0.2) is 0 Å². The molecule has 4 amide bonds. The highest BCUT2D eigenvalue weighted by atomic mass is 16.2. The predicted octanol–water partition coefficient (Wildman–Crippen LogP) is 11.3. The number of hydrogen-bond acceptors (Lipinski definition) is 6. The van der Waals surface area contributed by atoms with Gasteiger partial charge >= 0.3 is 0 Å². The van der Waals surface area contributed by atoms with E-state index in [0.29, 0.717) is 24.2 Å². The summed E-state index contributed by atoms with van der Waals surface area (Å²) in [5.41, 5.74) is 12.5. The van der Waals surface area contributed by atoms with Gasteiger partial charge in [-0.3, -0.25) is 29.0 Å². The molecule has 0 saturated carbocycles. The van der Waals surface area contributed by atoms with Crippen molar-refractivity contribution in [2.45, 2.75) is 220 Å². The van der Waals surface area contributed by atoms with Gasteiger partial charge in [0.2, 0.25) is 11.8 Å². The van der Waals surface area contributed by atoms with E-state index in [-0.39, 0.29) is 0 Å². The van der Waals surface area contributed by atoms with Crippen LogP contribution < -0.4 is 11.5 Å². The van der Waals surface area contributed by atoms with E-state index in [0.717, 1.165) is 38.5 Å². The van der Waals surface area contributed by atoms with Crippen molar-refractivity contribution >= 4 is 23.6 Å². The van der Waals surface area contributed by atoms with Gasteiger partial charge in [-0.2, -0.15) is 0 Å². The molecule has 0 unspecified atom stereocenters. The van der Waals surface area contributed by atoms with E-state index in [9.17, 15) is 19.2 Å². The first-order chi connectivity index (χ1) is 26.1. The maximum absolute atomic E-state index is 13.5. The third-order valence-corrected chi connectivity index (χ3v) is 10.7. The van der Waals surface area contributed by atoms with Gasteiger partial charge in [0, 0.05) is 24.2 Å². The van der Waals surface area contributed by atoms with Crippen LogP contribution in [0.25, 0.3) is 0 Å². The van der Waals surface area contributed by atoms with Gasteiger partial charge in [0.1, 0.15) is 0 Å². The van der Waals surface area contributed by atoms with Crippen molar-refractivity contribution in [1.29, 1.82) is 0 Å². The van der Waals surface area contributed by atoms with Crippen molar-refractivity contribution in [3.8, 4) is 0 Å². The minimum Gasteiger partial charge on any atom is -0.320 e. The molecule has 0 fully saturated rings. The van der Waals surface area contributed by atoms with E-state index < -0.39 is 35.7 Å². The van der Waals surface area contributed by atoms with Gasteiger partial charge in [-0.15, -0.1) is 0 Å². The molecular weight excluding hydrogens is 673 g/mol. The molecule has 0 aliphatic heterocycles. The number of nitrogens with zero attached hydrogens (tertiary/aromatic N) is 2. The van der Waals surface area contributed by atoms with E-state index in [1.165, 1.54) is 151 Å². The van der Waals surface area contributed by atoms with E-state index in [1.54, 1.807) is 38.1 Å². The summed E-state index contributed by atoms with van der Waals surface area (Å²) in [5, 5.41) is 0. The van der Waals surface area contributed by atoms with Gasteiger partial charge in [0.05, 0.1) is 12.1 Å². The number of imide groups is 2. The molecule has 54 heavy (non-hydrogen) atoms. The Bertz CT molecular complexity index is 1030. The van der Waals surface area contributed by atoms with Crippen molar-refractivity contribution in [2.75, 3.05) is 13.1 Å². The highest BCUT2D eigenvalue weighted by molar-refractivity contribution is 6.08. The number of carbonyl (C=O) groups is 4. The number of nitrogens with two attached hydrogens (primary N) is 2. The first-order valence-electron chi connectivity index (χ1n) is 22.5. The topological polar surface area (TPSA) is 127 Å². The van der Waals surface area contributed by atoms with Crippen molar-refractivity contribution in [3.05, 3.63) is 35.4 Å². The van der Waals surface area contributed by atoms with Crippen molar-refractivity contribution in [3.63, 3.8) is 0 Å². The average molecular weight is 755 g/mol. The smallest absolute Gasteiger partial charge is 0.260 e. The minimum absolute atomic E-state index is 0.308. The molecule has 310 valence electrons. The quantitative estimate of drug-likeness (QED) is 0.0674. The second kappa shape index (κ2) is 32.6. The molecule has 0 bridgehead atoms. The van der Waals surface area contributed by atoms with E-state index in [2.05, 4.69) is 13.8 Å². The molecule has 8 nitrogen and oxygen atoms in total.